The molecule has 8 nitrogen and oxygen atoms in total. The maximum atomic E-state index is 6.13. The number of rotatable bonds is 5. The molecule has 8 heteroatoms. The van der Waals surface area contributed by atoms with Gasteiger partial charge in [-0.25, -0.2) is 14.5 Å². The van der Waals surface area contributed by atoms with Gasteiger partial charge < -0.3 is 19.8 Å². The van der Waals surface area contributed by atoms with Gasteiger partial charge in [0.25, 0.3) is 0 Å². The van der Waals surface area contributed by atoms with Gasteiger partial charge in [0.15, 0.2) is 11.4 Å². The summed E-state index contributed by atoms with van der Waals surface area (Å²) in [6, 6.07) is 7.59. The molecule has 4 aromatic heterocycles. The SMILES string of the molecule is CC(CN)Oc1ccc2ncc(-c3cc4c(N5CCCC5)nccc4o3)n2n1. The van der Waals surface area contributed by atoms with Gasteiger partial charge in [-0.2, -0.15) is 0 Å². The minimum absolute atomic E-state index is 0.114. The number of nitrogens with two attached hydrogens (primary N) is 1. The molecule has 0 saturated carbocycles. The van der Waals surface area contributed by atoms with Crippen LogP contribution in [0.25, 0.3) is 28.1 Å². The third-order valence-electron chi connectivity index (χ3n) is 5.07. The van der Waals surface area contributed by atoms with Crippen LogP contribution in [0.3, 0.4) is 0 Å². The Morgan fingerprint density at radius 2 is 2.07 bits per heavy atom. The lowest BCUT2D eigenvalue weighted by atomic mass is 10.2. The van der Waals surface area contributed by atoms with Crippen molar-refractivity contribution in [2.45, 2.75) is 25.9 Å². The van der Waals surface area contributed by atoms with Gasteiger partial charge >= 0.3 is 0 Å². The number of hydrogen-bond donors (Lipinski definition) is 1. The van der Waals surface area contributed by atoms with Crippen molar-refractivity contribution in [1.29, 1.82) is 0 Å². The van der Waals surface area contributed by atoms with Crippen LogP contribution < -0.4 is 15.4 Å². The molecule has 5 heterocycles. The van der Waals surface area contributed by atoms with Crippen molar-refractivity contribution < 1.29 is 9.15 Å². The molecule has 1 saturated heterocycles. The third kappa shape index (κ3) is 2.86. The van der Waals surface area contributed by atoms with Crippen LogP contribution in [0, 0.1) is 0 Å². The van der Waals surface area contributed by atoms with E-state index in [0.29, 0.717) is 18.2 Å². The topological polar surface area (TPSA) is 94.7 Å². The number of nitrogens with zero attached hydrogens (tertiary/aromatic N) is 5. The molecule has 4 aromatic rings. The highest BCUT2D eigenvalue weighted by Crippen LogP contribution is 2.34. The summed E-state index contributed by atoms with van der Waals surface area (Å²) in [6.07, 6.45) is 5.85. The number of pyridine rings is 1. The Labute approximate surface area is 161 Å². The molecule has 1 unspecified atom stereocenters. The molecule has 2 N–H and O–H groups in total. The van der Waals surface area contributed by atoms with Gasteiger partial charge in [-0.1, -0.05) is 0 Å². The molecular formula is C20H22N6O2. The van der Waals surface area contributed by atoms with Gasteiger partial charge in [0.05, 0.1) is 11.6 Å². The van der Waals surface area contributed by atoms with Gasteiger partial charge in [0.1, 0.15) is 23.2 Å². The van der Waals surface area contributed by atoms with E-state index in [1.165, 1.54) is 12.8 Å². The Balaban J connectivity index is 1.58. The molecule has 1 aliphatic heterocycles. The highest BCUT2D eigenvalue weighted by molar-refractivity contribution is 5.92. The Morgan fingerprint density at radius 1 is 1.21 bits per heavy atom. The largest absolute Gasteiger partial charge is 0.472 e. The number of ether oxygens (including phenoxy) is 1. The van der Waals surface area contributed by atoms with Crippen molar-refractivity contribution in [3.8, 4) is 17.3 Å². The first kappa shape index (κ1) is 17.0. The molecular weight excluding hydrogens is 356 g/mol. The van der Waals surface area contributed by atoms with Crippen molar-refractivity contribution in [2.75, 3.05) is 24.5 Å². The minimum atomic E-state index is -0.114. The summed E-state index contributed by atoms with van der Waals surface area (Å²) in [5, 5.41) is 5.57. The van der Waals surface area contributed by atoms with Crippen LogP contribution in [0.1, 0.15) is 19.8 Å². The lowest BCUT2D eigenvalue weighted by Crippen LogP contribution is -2.23. The average molecular weight is 378 g/mol. The Morgan fingerprint density at radius 3 is 2.89 bits per heavy atom. The first-order valence-electron chi connectivity index (χ1n) is 9.58. The summed E-state index contributed by atoms with van der Waals surface area (Å²) < 4.78 is 13.6. The van der Waals surface area contributed by atoms with Crippen molar-refractivity contribution in [3.05, 3.63) is 36.7 Å². The fourth-order valence-corrected chi connectivity index (χ4v) is 3.60. The maximum Gasteiger partial charge on any atom is 0.232 e. The minimum Gasteiger partial charge on any atom is -0.472 e. The molecule has 28 heavy (non-hydrogen) atoms. The summed E-state index contributed by atoms with van der Waals surface area (Å²) in [5.74, 6) is 2.18. The molecule has 1 aliphatic rings. The van der Waals surface area contributed by atoms with Crippen molar-refractivity contribution in [2.24, 2.45) is 5.73 Å². The quantitative estimate of drug-likeness (QED) is 0.570. The predicted octanol–water partition coefficient (Wildman–Crippen LogP) is 2.86. The average Bonchev–Trinajstić information content (AvgIpc) is 3.45. The Bertz CT molecular complexity index is 1130. The zero-order valence-electron chi connectivity index (χ0n) is 15.7. The Kier molecular flexibility index (Phi) is 4.12. The first-order chi connectivity index (χ1) is 13.7. The third-order valence-corrected chi connectivity index (χ3v) is 5.07. The number of furan rings is 1. The van der Waals surface area contributed by atoms with Crippen LogP contribution >= 0.6 is 0 Å². The second kappa shape index (κ2) is 6.79. The second-order valence-corrected chi connectivity index (χ2v) is 7.10. The summed E-state index contributed by atoms with van der Waals surface area (Å²) in [4.78, 5) is 11.4. The summed E-state index contributed by atoms with van der Waals surface area (Å²) in [5.41, 5.74) is 7.95. The molecule has 0 amide bonds. The maximum absolute atomic E-state index is 6.13. The predicted molar refractivity (Wildman–Crippen MR) is 107 cm³/mol. The summed E-state index contributed by atoms with van der Waals surface area (Å²) in [7, 11) is 0. The fourth-order valence-electron chi connectivity index (χ4n) is 3.60. The molecule has 0 aliphatic carbocycles. The molecule has 1 atom stereocenters. The van der Waals surface area contributed by atoms with Gasteiger partial charge in [0.2, 0.25) is 5.88 Å². The van der Waals surface area contributed by atoms with Gasteiger partial charge in [-0.15, -0.1) is 5.10 Å². The Hall–Kier alpha value is -3.13. The first-order valence-corrected chi connectivity index (χ1v) is 9.58. The van der Waals surface area contributed by atoms with Crippen molar-refractivity contribution >= 4 is 22.4 Å². The van der Waals surface area contributed by atoms with Crippen LogP contribution in [-0.2, 0) is 0 Å². The molecule has 5 rings (SSSR count). The standard InChI is InChI=1S/C20H22N6O2/c1-13(11-21)27-19-5-4-18-23-12-15(26(18)24-19)17-10-14-16(28-17)6-7-22-20(14)25-8-2-3-9-25/h4-7,10,12-13H,2-3,8-9,11,21H2,1H3. The highest BCUT2D eigenvalue weighted by atomic mass is 16.5. The van der Waals surface area contributed by atoms with Crippen molar-refractivity contribution in [3.63, 3.8) is 0 Å². The van der Waals surface area contributed by atoms with E-state index in [-0.39, 0.29) is 6.10 Å². The van der Waals surface area contributed by atoms with E-state index in [4.69, 9.17) is 14.9 Å². The second-order valence-electron chi connectivity index (χ2n) is 7.10. The molecule has 0 spiro atoms. The summed E-state index contributed by atoms with van der Waals surface area (Å²) in [6.45, 7) is 4.40. The molecule has 0 radical (unpaired) electrons. The molecule has 1 fully saturated rings. The van der Waals surface area contributed by atoms with Crippen LogP contribution in [-0.4, -0.2) is 45.3 Å². The lowest BCUT2D eigenvalue weighted by molar-refractivity contribution is 0.217. The smallest absolute Gasteiger partial charge is 0.232 e. The van der Waals surface area contributed by atoms with Crippen molar-refractivity contribution in [1.82, 2.24) is 19.6 Å². The van der Waals surface area contributed by atoms with Crippen LogP contribution in [0.5, 0.6) is 5.88 Å². The molecule has 0 aromatic carbocycles. The van der Waals surface area contributed by atoms with E-state index < -0.39 is 0 Å². The number of imidazole rings is 1. The lowest BCUT2D eigenvalue weighted by Gasteiger charge is -2.16. The normalized spacial score (nSPS) is 15.6. The van der Waals surface area contributed by atoms with Crippen LogP contribution in [0.15, 0.2) is 41.1 Å². The van der Waals surface area contributed by atoms with Crippen LogP contribution in [0.4, 0.5) is 5.82 Å². The van der Waals surface area contributed by atoms with E-state index in [2.05, 4.69) is 20.0 Å². The van der Waals surface area contributed by atoms with Gasteiger partial charge in [-0.05, 0) is 38.0 Å². The number of hydrogen-bond acceptors (Lipinski definition) is 7. The van der Waals surface area contributed by atoms with E-state index in [1.54, 1.807) is 23.0 Å². The van der Waals surface area contributed by atoms with Gasteiger partial charge in [0, 0.05) is 31.9 Å². The number of fused-ring (bicyclic) bond motifs is 2. The zero-order chi connectivity index (χ0) is 19.1. The van der Waals surface area contributed by atoms with E-state index in [1.807, 2.05) is 25.1 Å². The zero-order valence-corrected chi connectivity index (χ0v) is 15.7. The van der Waals surface area contributed by atoms with Crippen LogP contribution in [0.2, 0.25) is 0 Å². The number of anilines is 1. The van der Waals surface area contributed by atoms with E-state index in [0.717, 1.165) is 41.2 Å². The fraction of sp³-hybridized carbons (Fsp3) is 0.350. The number of aromatic nitrogens is 4. The molecule has 144 valence electrons. The van der Waals surface area contributed by atoms with E-state index >= 15 is 0 Å². The van der Waals surface area contributed by atoms with E-state index in [9.17, 15) is 0 Å². The molecule has 0 bridgehead atoms. The highest BCUT2D eigenvalue weighted by Gasteiger charge is 2.20. The summed E-state index contributed by atoms with van der Waals surface area (Å²) >= 11 is 0. The monoisotopic (exact) mass is 378 g/mol. The van der Waals surface area contributed by atoms with Gasteiger partial charge in [-0.3, -0.25) is 0 Å².